The lowest BCUT2D eigenvalue weighted by atomic mass is 9.92. The van der Waals surface area contributed by atoms with Gasteiger partial charge >= 0.3 is 0 Å². The van der Waals surface area contributed by atoms with Gasteiger partial charge in [-0.25, -0.2) is 0 Å². The smallest absolute Gasteiger partial charge is 0.0286 e. The van der Waals surface area contributed by atoms with Crippen LogP contribution in [0.4, 0.5) is 0 Å². The maximum atomic E-state index is 3.85. The van der Waals surface area contributed by atoms with Gasteiger partial charge in [-0.2, -0.15) is 0 Å². The number of nitrogens with zero attached hydrogens (tertiary/aromatic N) is 1. The monoisotopic (exact) mass is 196 g/mol. The molecule has 1 fully saturated rings. The first-order chi connectivity index (χ1) is 6.40. The molecule has 1 heterocycles. The standard InChI is InChI=1S/C12H24N2/c1-6-9-14-11(2,3)7-8-13-10-12(14,4)5/h6,13H,1,7-10H2,2-5H3. The molecule has 0 aromatic rings. The molecule has 1 aliphatic heterocycles. The Bertz CT molecular complexity index is 188. The number of hydrogen-bond acceptors (Lipinski definition) is 2. The number of hydrogen-bond donors (Lipinski definition) is 1. The Morgan fingerprint density at radius 3 is 2.50 bits per heavy atom. The summed E-state index contributed by atoms with van der Waals surface area (Å²) < 4.78 is 0. The summed E-state index contributed by atoms with van der Waals surface area (Å²) >= 11 is 0. The quantitative estimate of drug-likeness (QED) is 0.680. The van der Waals surface area contributed by atoms with Crippen LogP contribution in [0.2, 0.25) is 0 Å². The summed E-state index contributed by atoms with van der Waals surface area (Å²) in [4.78, 5) is 2.55. The molecule has 2 nitrogen and oxygen atoms in total. The molecule has 0 aromatic carbocycles. The molecule has 0 amide bonds. The Morgan fingerprint density at radius 1 is 1.29 bits per heavy atom. The number of rotatable bonds is 2. The van der Waals surface area contributed by atoms with Crippen molar-refractivity contribution >= 4 is 0 Å². The Morgan fingerprint density at radius 2 is 1.93 bits per heavy atom. The van der Waals surface area contributed by atoms with E-state index in [4.69, 9.17) is 0 Å². The van der Waals surface area contributed by atoms with Crippen molar-refractivity contribution in [2.45, 2.75) is 45.2 Å². The lowest BCUT2D eigenvalue weighted by Crippen LogP contribution is -2.56. The zero-order valence-corrected chi connectivity index (χ0v) is 10.1. The van der Waals surface area contributed by atoms with Gasteiger partial charge in [-0.15, -0.1) is 6.58 Å². The molecule has 0 unspecified atom stereocenters. The fraction of sp³-hybridized carbons (Fsp3) is 0.833. The zero-order chi connectivity index (χ0) is 10.8. The Kier molecular flexibility index (Phi) is 3.38. The minimum atomic E-state index is 0.216. The van der Waals surface area contributed by atoms with Gasteiger partial charge in [0.1, 0.15) is 0 Å². The highest BCUT2D eigenvalue weighted by Gasteiger charge is 2.38. The van der Waals surface area contributed by atoms with Gasteiger partial charge in [0.25, 0.3) is 0 Å². The summed E-state index contributed by atoms with van der Waals surface area (Å²) in [5.74, 6) is 0. The van der Waals surface area contributed by atoms with E-state index in [-0.39, 0.29) is 11.1 Å². The Balaban J connectivity index is 2.90. The van der Waals surface area contributed by atoms with E-state index in [1.165, 1.54) is 6.42 Å². The van der Waals surface area contributed by atoms with Crippen LogP contribution < -0.4 is 5.32 Å². The van der Waals surface area contributed by atoms with Gasteiger partial charge in [-0.1, -0.05) is 6.08 Å². The van der Waals surface area contributed by atoms with Crippen LogP contribution in [0.1, 0.15) is 34.1 Å². The van der Waals surface area contributed by atoms with Crippen LogP contribution >= 0.6 is 0 Å². The van der Waals surface area contributed by atoms with Crippen molar-refractivity contribution in [3.8, 4) is 0 Å². The first-order valence-electron chi connectivity index (χ1n) is 5.49. The van der Waals surface area contributed by atoms with Crippen LogP contribution in [0, 0.1) is 0 Å². The van der Waals surface area contributed by atoms with E-state index >= 15 is 0 Å². The largest absolute Gasteiger partial charge is 0.315 e. The molecule has 82 valence electrons. The van der Waals surface area contributed by atoms with E-state index in [2.05, 4.69) is 44.5 Å². The van der Waals surface area contributed by atoms with E-state index in [9.17, 15) is 0 Å². The summed E-state index contributed by atoms with van der Waals surface area (Å²) in [6.45, 7) is 16.3. The molecular formula is C12H24N2. The van der Waals surface area contributed by atoms with Gasteiger partial charge in [0.05, 0.1) is 0 Å². The minimum absolute atomic E-state index is 0.216. The highest BCUT2D eigenvalue weighted by molar-refractivity contribution is 4.98. The molecule has 0 bridgehead atoms. The third-order valence-electron chi connectivity index (χ3n) is 3.24. The van der Waals surface area contributed by atoms with Gasteiger partial charge in [0, 0.05) is 24.2 Å². The molecule has 0 atom stereocenters. The highest BCUT2D eigenvalue weighted by atomic mass is 15.3. The third kappa shape index (κ3) is 2.37. The fourth-order valence-electron chi connectivity index (χ4n) is 2.46. The third-order valence-corrected chi connectivity index (χ3v) is 3.24. The highest BCUT2D eigenvalue weighted by Crippen LogP contribution is 2.29. The van der Waals surface area contributed by atoms with E-state index in [1.54, 1.807) is 0 Å². The average Bonchev–Trinajstić information content (AvgIpc) is 2.15. The first-order valence-corrected chi connectivity index (χ1v) is 5.49. The molecule has 1 saturated heterocycles. The summed E-state index contributed by atoms with van der Waals surface area (Å²) in [7, 11) is 0. The van der Waals surface area contributed by atoms with E-state index < -0.39 is 0 Å². The van der Waals surface area contributed by atoms with Gasteiger partial charge in [-0.3, -0.25) is 4.90 Å². The second-order valence-corrected chi connectivity index (χ2v) is 5.45. The summed E-state index contributed by atoms with van der Waals surface area (Å²) in [5, 5.41) is 3.51. The average molecular weight is 196 g/mol. The van der Waals surface area contributed by atoms with Crippen molar-refractivity contribution in [2.75, 3.05) is 19.6 Å². The fourth-order valence-corrected chi connectivity index (χ4v) is 2.46. The summed E-state index contributed by atoms with van der Waals surface area (Å²) in [5.41, 5.74) is 0.482. The second kappa shape index (κ2) is 4.03. The van der Waals surface area contributed by atoms with Gasteiger partial charge in [-0.05, 0) is 40.7 Å². The predicted octanol–water partition coefficient (Wildman–Crippen LogP) is 2.02. The van der Waals surface area contributed by atoms with Crippen LogP contribution in [-0.4, -0.2) is 35.6 Å². The lowest BCUT2D eigenvalue weighted by molar-refractivity contribution is 0.0406. The van der Waals surface area contributed by atoms with Crippen molar-refractivity contribution in [3.05, 3.63) is 12.7 Å². The molecule has 14 heavy (non-hydrogen) atoms. The van der Waals surface area contributed by atoms with E-state index in [0.29, 0.717) is 0 Å². The van der Waals surface area contributed by atoms with Crippen molar-refractivity contribution in [2.24, 2.45) is 0 Å². The van der Waals surface area contributed by atoms with Crippen molar-refractivity contribution < 1.29 is 0 Å². The molecule has 0 saturated carbocycles. The predicted molar refractivity (Wildman–Crippen MR) is 62.5 cm³/mol. The van der Waals surface area contributed by atoms with Gasteiger partial charge in [0.15, 0.2) is 0 Å². The van der Waals surface area contributed by atoms with Crippen LogP contribution in [0.25, 0.3) is 0 Å². The first kappa shape index (κ1) is 11.7. The maximum Gasteiger partial charge on any atom is 0.0286 e. The van der Waals surface area contributed by atoms with Crippen LogP contribution in [0.15, 0.2) is 12.7 Å². The molecule has 1 N–H and O–H groups in total. The molecule has 0 radical (unpaired) electrons. The van der Waals surface area contributed by atoms with E-state index in [1.807, 2.05) is 6.08 Å². The number of nitrogens with one attached hydrogen (secondary N) is 1. The van der Waals surface area contributed by atoms with E-state index in [0.717, 1.165) is 19.6 Å². The van der Waals surface area contributed by atoms with Gasteiger partial charge < -0.3 is 5.32 Å². The molecule has 0 aliphatic carbocycles. The maximum absolute atomic E-state index is 3.85. The van der Waals surface area contributed by atoms with Crippen molar-refractivity contribution in [3.63, 3.8) is 0 Å². The second-order valence-electron chi connectivity index (χ2n) is 5.45. The van der Waals surface area contributed by atoms with Crippen molar-refractivity contribution in [1.29, 1.82) is 0 Å². The van der Waals surface area contributed by atoms with Crippen LogP contribution in [0.3, 0.4) is 0 Å². The molecule has 0 aromatic heterocycles. The van der Waals surface area contributed by atoms with Crippen molar-refractivity contribution in [1.82, 2.24) is 10.2 Å². The zero-order valence-electron chi connectivity index (χ0n) is 10.1. The molecule has 1 rings (SSSR count). The molecule has 1 aliphatic rings. The topological polar surface area (TPSA) is 15.3 Å². The normalized spacial score (nSPS) is 26.9. The van der Waals surface area contributed by atoms with Gasteiger partial charge in [0.2, 0.25) is 0 Å². The SMILES string of the molecule is C=CCN1C(C)(C)CCNCC1(C)C. The minimum Gasteiger partial charge on any atom is -0.315 e. The summed E-state index contributed by atoms with van der Waals surface area (Å²) in [6, 6.07) is 0. The molecule has 0 spiro atoms. The Hall–Kier alpha value is -0.340. The Labute approximate surface area is 88.4 Å². The molecule has 2 heteroatoms. The lowest BCUT2D eigenvalue weighted by Gasteiger charge is -2.46. The van der Waals surface area contributed by atoms with Crippen LogP contribution in [0.5, 0.6) is 0 Å². The summed E-state index contributed by atoms with van der Waals surface area (Å²) in [6.07, 6.45) is 3.21. The van der Waals surface area contributed by atoms with Crippen LogP contribution in [-0.2, 0) is 0 Å². The molecular weight excluding hydrogens is 172 g/mol.